The minimum Gasteiger partial charge on any atom is -0.454 e. The van der Waals surface area contributed by atoms with Gasteiger partial charge in [0.15, 0.2) is 11.9 Å². The molecule has 0 unspecified atom stereocenters. The third-order valence-corrected chi connectivity index (χ3v) is 3.69. The molecule has 0 aliphatic rings. The number of nitrogens with zero attached hydrogens (tertiary/aromatic N) is 5. The lowest BCUT2D eigenvalue weighted by atomic mass is 10.1. The maximum absolute atomic E-state index is 12.2. The van der Waals surface area contributed by atoms with Crippen LogP contribution in [0.3, 0.4) is 0 Å². The summed E-state index contributed by atoms with van der Waals surface area (Å²) in [4.78, 5) is 22.7. The Labute approximate surface area is 148 Å². The van der Waals surface area contributed by atoms with Crippen LogP contribution >= 0.6 is 0 Å². The van der Waals surface area contributed by atoms with Gasteiger partial charge in [0.2, 0.25) is 0 Å². The lowest BCUT2D eigenvalue weighted by molar-refractivity contribution is -0.385. The Morgan fingerprint density at radius 3 is 2.62 bits per heavy atom. The van der Waals surface area contributed by atoms with Crippen molar-refractivity contribution in [3.8, 4) is 5.69 Å². The van der Waals surface area contributed by atoms with Gasteiger partial charge in [-0.3, -0.25) is 14.9 Å². The Morgan fingerprint density at radius 2 is 1.88 bits per heavy atom. The fourth-order valence-electron chi connectivity index (χ4n) is 2.49. The zero-order valence-corrected chi connectivity index (χ0v) is 13.8. The smallest absolute Gasteiger partial charge is 0.311 e. The quantitative estimate of drug-likeness (QED) is 0.380. The number of hydrogen-bond acceptors (Lipinski definition) is 7. The van der Waals surface area contributed by atoms with Crippen molar-refractivity contribution in [2.24, 2.45) is 0 Å². The van der Waals surface area contributed by atoms with Crippen LogP contribution in [0.4, 0.5) is 5.69 Å². The van der Waals surface area contributed by atoms with Gasteiger partial charge in [-0.05, 0) is 29.5 Å². The summed E-state index contributed by atoms with van der Waals surface area (Å²) in [7, 11) is 0. The second kappa shape index (κ2) is 7.51. The SMILES string of the molecule is C[C@@H](OC(=O)Cc1ccccc1[N+](=O)[O-])c1nnnn1-c1ccccc1. The van der Waals surface area contributed by atoms with Gasteiger partial charge in [0.25, 0.3) is 5.69 Å². The molecule has 1 atom stereocenters. The second-order valence-electron chi connectivity index (χ2n) is 5.48. The first kappa shape index (κ1) is 17.2. The predicted molar refractivity (Wildman–Crippen MR) is 90.5 cm³/mol. The van der Waals surface area contributed by atoms with Gasteiger partial charge in [-0.2, -0.15) is 4.68 Å². The molecule has 0 saturated heterocycles. The van der Waals surface area contributed by atoms with Crippen LogP contribution in [0, 0.1) is 10.1 Å². The maximum Gasteiger partial charge on any atom is 0.311 e. The first-order valence-corrected chi connectivity index (χ1v) is 7.81. The molecule has 1 heterocycles. The minimum atomic E-state index is -0.722. The van der Waals surface area contributed by atoms with Crippen LogP contribution in [0.5, 0.6) is 0 Å². The lowest BCUT2D eigenvalue weighted by Crippen LogP contribution is -2.16. The first-order valence-electron chi connectivity index (χ1n) is 7.81. The van der Waals surface area contributed by atoms with Crippen LogP contribution in [-0.2, 0) is 16.0 Å². The summed E-state index contributed by atoms with van der Waals surface area (Å²) in [6.45, 7) is 1.64. The molecule has 0 amide bonds. The number of carbonyl (C=O) groups is 1. The van der Waals surface area contributed by atoms with E-state index in [9.17, 15) is 14.9 Å². The molecule has 0 aliphatic heterocycles. The summed E-state index contributed by atoms with van der Waals surface area (Å²) in [6.07, 6.45) is -0.936. The summed E-state index contributed by atoms with van der Waals surface area (Å²) in [5, 5.41) is 22.5. The molecule has 0 fully saturated rings. The van der Waals surface area contributed by atoms with Gasteiger partial charge in [0.1, 0.15) is 0 Å². The highest BCUT2D eigenvalue weighted by atomic mass is 16.6. The molecule has 0 bridgehead atoms. The Bertz CT molecular complexity index is 926. The number of nitro groups is 1. The summed E-state index contributed by atoms with van der Waals surface area (Å²) < 4.78 is 6.85. The van der Waals surface area contributed by atoms with E-state index in [0.717, 1.165) is 5.69 Å². The van der Waals surface area contributed by atoms with E-state index in [1.54, 1.807) is 19.1 Å². The van der Waals surface area contributed by atoms with Gasteiger partial charge < -0.3 is 4.74 Å². The predicted octanol–water partition coefficient (Wildman–Crippen LogP) is 2.42. The fourth-order valence-corrected chi connectivity index (χ4v) is 2.49. The van der Waals surface area contributed by atoms with Crippen LogP contribution in [0.15, 0.2) is 54.6 Å². The normalized spacial score (nSPS) is 11.7. The van der Waals surface area contributed by atoms with E-state index in [1.807, 2.05) is 30.3 Å². The summed E-state index contributed by atoms with van der Waals surface area (Å²) >= 11 is 0. The standard InChI is InChI=1S/C17H15N5O4/c1-12(17-18-19-20-21(17)14-8-3-2-4-9-14)26-16(23)11-13-7-5-6-10-15(13)22(24)25/h2-10,12H,11H2,1H3/t12-/m1/s1. The topological polar surface area (TPSA) is 113 Å². The van der Waals surface area contributed by atoms with E-state index in [1.165, 1.54) is 16.8 Å². The van der Waals surface area contributed by atoms with Crippen molar-refractivity contribution in [1.82, 2.24) is 20.2 Å². The molecule has 0 N–H and O–H groups in total. The number of tetrazole rings is 1. The van der Waals surface area contributed by atoms with E-state index >= 15 is 0 Å². The highest BCUT2D eigenvalue weighted by molar-refractivity contribution is 5.74. The molecule has 0 saturated carbocycles. The maximum atomic E-state index is 12.2. The number of rotatable bonds is 6. The van der Waals surface area contributed by atoms with Crippen molar-refractivity contribution < 1.29 is 14.5 Å². The Hall–Kier alpha value is -3.62. The molecule has 3 rings (SSSR count). The molecule has 132 valence electrons. The number of aromatic nitrogens is 4. The fraction of sp³-hybridized carbons (Fsp3) is 0.176. The van der Waals surface area contributed by atoms with Crippen molar-refractivity contribution in [3.63, 3.8) is 0 Å². The van der Waals surface area contributed by atoms with Crippen molar-refractivity contribution in [2.75, 3.05) is 0 Å². The van der Waals surface area contributed by atoms with Crippen molar-refractivity contribution in [3.05, 3.63) is 76.1 Å². The van der Waals surface area contributed by atoms with Crippen molar-refractivity contribution in [1.29, 1.82) is 0 Å². The molecule has 9 nitrogen and oxygen atoms in total. The van der Waals surface area contributed by atoms with Gasteiger partial charge in [-0.1, -0.05) is 36.4 Å². The highest BCUT2D eigenvalue weighted by Crippen LogP contribution is 2.21. The van der Waals surface area contributed by atoms with Crippen LogP contribution in [0.25, 0.3) is 5.69 Å². The average Bonchev–Trinajstić information content (AvgIpc) is 3.12. The monoisotopic (exact) mass is 353 g/mol. The molecular formula is C17H15N5O4. The molecule has 3 aromatic rings. The van der Waals surface area contributed by atoms with Crippen LogP contribution in [0.2, 0.25) is 0 Å². The Morgan fingerprint density at radius 1 is 1.19 bits per heavy atom. The van der Waals surface area contributed by atoms with E-state index < -0.39 is 17.0 Å². The van der Waals surface area contributed by atoms with Crippen molar-refractivity contribution >= 4 is 11.7 Å². The summed E-state index contributed by atoms with van der Waals surface area (Å²) in [6, 6.07) is 15.2. The van der Waals surface area contributed by atoms with E-state index in [-0.39, 0.29) is 17.7 Å². The summed E-state index contributed by atoms with van der Waals surface area (Å²) in [5.41, 5.74) is 0.901. The number of para-hydroxylation sites is 2. The number of esters is 1. The molecule has 9 heteroatoms. The molecule has 0 spiro atoms. The number of benzene rings is 2. The van der Waals surface area contributed by atoms with Crippen LogP contribution < -0.4 is 0 Å². The van der Waals surface area contributed by atoms with Crippen molar-refractivity contribution in [2.45, 2.75) is 19.4 Å². The highest BCUT2D eigenvalue weighted by Gasteiger charge is 2.22. The minimum absolute atomic E-state index is 0.119. The van der Waals surface area contributed by atoms with Gasteiger partial charge in [0, 0.05) is 11.6 Å². The number of ether oxygens (including phenoxy) is 1. The molecule has 1 aromatic heterocycles. The van der Waals surface area contributed by atoms with Crippen LogP contribution in [0.1, 0.15) is 24.4 Å². The number of nitro benzene ring substituents is 1. The largest absolute Gasteiger partial charge is 0.454 e. The Kier molecular flexibility index (Phi) is 4.97. The zero-order chi connectivity index (χ0) is 18.5. The third-order valence-electron chi connectivity index (χ3n) is 3.69. The number of carbonyl (C=O) groups excluding carboxylic acids is 1. The van der Waals surface area contributed by atoms with Gasteiger partial charge >= 0.3 is 5.97 Å². The average molecular weight is 353 g/mol. The molecule has 2 aromatic carbocycles. The molecule has 26 heavy (non-hydrogen) atoms. The third kappa shape index (κ3) is 3.72. The zero-order valence-electron chi connectivity index (χ0n) is 13.8. The van der Waals surface area contributed by atoms with Gasteiger partial charge in [0.05, 0.1) is 17.0 Å². The summed E-state index contributed by atoms with van der Waals surface area (Å²) in [5.74, 6) is -0.249. The first-order chi connectivity index (χ1) is 12.6. The van der Waals surface area contributed by atoms with E-state index in [0.29, 0.717) is 5.82 Å². The molecule has 0 aliphatic carbocycles. The molecular weight excluding hydrogens is 338 g/mol. The van der Waals surface area contributed by atoms with Gasteiger partial charge in [-0.25, -0.2) is 0 Å². The Balaban J connectivity index is 1.74. The van der Waals surface area contributed by atoms with E-state index in [4.69, 9.17) is 4.74 Å². The van der Waals surface area contributed by atoms with Crippen LogP contribution in [-0.4, -0.2) is 31.1 Å². The van der Waals surface area contributed by atoms with E-state index in [2.05, 4.69) is 15.5 Å². The number of hydrogen-bond donors (Lipinski definition) is 0. The lowest BCUT2D eigenvalue weighted by Gasteiger charge is -2.13. The second-order valence-corrected chi connectivity index (χ2v) is 5.48. The van der Waals surface area contributed by atoms with Gasteiger partial charge in [-0.15, -0.1) is 5.10 Å². The molecule has 0 radical (unpaired) electrons.